The Labute approximate surface area is 172 Å². The zero-order valence-corrected chi connectivity index (χ0v) is 17.0. The number of phenolic OH excluding ortho intramolecular Hbond substituents is 3. The molecule has 5 N–H and O–H groups in total. The van der Waals surface area contributed by atoms with Gasteiger partial charge < -0.3 is 25.7 Å². The molecule has 0 spiro atoms. The van der Waals surface area contributed by atoms with Crippen LogP contribution >= 0.6 is 11.6 Å². The van der Waals surface area contributed by atoms with E-state index in [1.165, 1.54) is 18.2 Å². The number of aliphatic hydroxyl groups is 1. The summed E-state index contributed by atoms with van der Waals surface area (Å²) >= 11 is 6.85. The summed E-state index contributed by atoms with van der Waals surface area (Å²) in [6.07, 6.45) is 1.59. The molecular formula is C18H23ClN2O5V. The second kappa shape index (κ2) is 15.2. The Morgan fingerprint density at radius 2 is 1.70 bits per heavy atom. The number of aryl methyl sites for hydroxylation is 1. The first-order valence-corrected chi connectivity index (χ1v) is 8.85. The van der Waals surface area contributed by atoms with Gasteiger partial charge in [-0.2, -0.15) is 0 Å². The predicted molar refractivity (Wildman–Crippen MR) is 101 cm³/mol. The number of aliphatic hydroxyl groups excluding tert-OH is 1. The summed E-state index contributed by atoms with van der Waals surface area (Å²) in [7, 11) is 0. The molecule has 2 aromatic carbocycles. The summed E-state index contributed by atoms with van der Waals surface area (Å²) < 4.78 is 8.19. The molecule has 0 atom stereocenters. The van der Waals surface area contributed by atoms with E-state index >= 15 is 0 Å². The fourth-order valence-electron chi connectivity index (χ4n) is 1.77. The molecule has 0 saturated heterocycles. The Balaban J connectivity index is 0.000000519. The number of hydrogen-bond donors (Lipinski definition) is 5. The number of hydrogen-bond acceptors (Lipinski definition) is 7. The van der Waals surface area contributed by atoms with Gasteiger partial charge in [0.1, 0.15) is 5.75 Å². The molecule has 27 heavy (non-hydrogen) atoms. The average molecular weight is 434 g/mol. The van der Waals surface area contributed by atoms with Crippen LogP contribution in [0.1, 0.15) is 11.1 Å². The van der Waals surface area contributed by atoms with Crippen LogP contribution in [0.4, 0.5) is 0 Å². The van der Waals surface area contributed by atoms with E-state index in [4.69, 9.17) is 30.6 Å². The Hall–Kier alpha value is -1.90. The van der Waals surface area contributed by atoms with E-state index in [1.54, 1.807) is 24.4 Å². The molecule has 0 amide bonds. The number of benzene rings is 2. The molecule has 0 aliphatic rings. The summed E-state index contributed by atoms with van der Waals surface area (Å²) in [6.45, 7) is 3.82. The van der Waals surface area contributed by atoms with Crippen molar-refractivity contribution in [1.29, 1.82) is 0 Å². The molecular weight excluding hydrogens is 411 g/mol. The molecule has 0 radical (unpaired) electrons. The van der Waals surface area contributed by atoms with Crippen LogP contribution in [0.15, 0.2) is 41.4 Å². The van der Waals surface area contributed by atoms with E-state index in [9.17, 15) is 5.11 Å². The second-order valence-corrected chi connectivity index (χ2v) is 5.64. The molecule has 0 saturated carbocycles. The molecule has 0 unspecified atom stereocenters. The predicted octanol–water partition coefficient (Wildman–Crippen LogP) is 2.33. The zero-order chi connectivity index (χ0) is 20.7. The molecule has 0 aromatic heterocycles. The molecule has 0 fully saturated rings. The van der Waals surface area contributed by atoms with Crippen LogP contribution in [-0.2, 0) is 21.0 Å². The number of aromatic hydroxyl groups is 3. The maximum atomic E-state index is 9.48. The van der Waals surface area contributed by atoms with Crippen molar-refractivity contribution in [1.82, 2.24) is 5.32 Å². The molecule has 2 rings (SSSR count). The van der Waals surface area contributed by atoms with Gasteiger partial charge in [-0.1, -0.05) is 17.7 Å². The van der Waals surface area contributed by atoms with Crippen LogP contribution in [0.2, 0.25) is 5.02 Å². The van der Waals surface area contributed by atoms with Crippen molar-refractivity contribution in [3.05, 3.63) is 52.5 Å². The van der Waals surface area contributed by atoms with E-state index in [0.717, 1.165) is 22.9 Å². The van der Waals surface area contributed by atoms with Gasteiger partial charge in [0.2, 0.25) is 0 Å². The SMILES string of the molecule is Cc1ccc(O)c(O)c1.OCCNCCN=Cc1cc(Cl)ccc1O.[O]=[V]. The average Bonchev–Trinajstić information content (AvgIpc) is 2.66. The van der Waals surface area contributed by atoms with Gasteiger partial charge >= 0.3 is 21.0 Å². The minimum atomic E-state index is -0.0689. The Bertz CT molecular complexity index is 716. The first-order chi connectivity index (χ1) is 12.9. The normalized spacial score (nSPS) is 9.85. The number of nitrogens with zero attached hydrogens (tertiary/aromatic N) is 1. The minimum absolute atomic E-state index is 0.0602. The van der Waals surface area contributed by atoms with Gasteiger partial charge in [-0.25, -0.2) is 0 Å². The van der Waals surface area contributed by atoms with Crippen LogP contribution in [0, 0.1) is 6.92 Å². The fraction of sp³-hybridized carbons (Fsp3) is 0.278. The Morgan fingerprint density at radius 1 is 1.04 bits per heavy atom. The van der Waals surface area contributed by atoms with Gasteiger partial charge in [-0.05, 0) is 42.8 Å². The molecule has 147 valence electrons. The second-order valence-electron chi connectivity index (χ2n) is 5.20. The van der Waals surface area contributed by atoms with Gasteiger partial charge in [0.15, 0.2) is 11.5 Å². The topological polar surface area (TPSA) is 122 Å². The van der Waals surface area contributed by atoms with E-state index in [0.29, 0.717) is 30.2 Å². The number of phenols is 3. The molecule has 7 nitrogen and oxygen atoms in total. The third-order valence-corrected chi connectivity index (χ3v) is 3.29. The van der Waals surface area contributed by atoms with Crippen LogP contribution in [0.3, 0.4) is 0 Å². The number of halogens is 1. The van der Waals surface area contributed by atoms with Crippen LogP contribution in [-0.4, -0.2) is 52.9 Å². The van der Waals surface area contributed by atoms with Crippen molar-refractivity contribution in [3.63, 3.8) is 0 Å². The van der Waals surface area contributed by atoms with Crippen LogP contribution in [0.25, 0.3) is 0 Å². The van der Waals surface area contributed by atoms with Crippen LogP contribution < -0.4 is 5.32 Å². The number of rotatable bonds is 6. The maximum absolute atomic E-state index is 9.48. The van der Waals surface area contributed by atoms with Crippen molar-refractivity contribution in [2.75, 3.05) is 26.2 Å². The molecule has 0 bridgehead atoms. The molecule has 2 aromatic rings. The standard InChI is InChI=1S/C11H15ClN2O2.C7H8O2.O.V/c12-10-1-2-11(16)9(7-10)8-14-4-3-13-5-6-15;1-5-2-3-6(8)7(9)4-5;;/h1-2,7-8,13,15-16H,3-6H2;2-4,8-9H,1H3;;. The monoisotopic (exact) mass is 433 g/mol. The van der Waals surface area contributed by atoms with E-state index in [1.807, 2.05) is 6.92 Å². The van der Waals surface area contributed by atoms with Gasteiger partial charge in [0.25, 0.3) is 0 Å². The summed E-state index contributed by atoms with van der Waals surface area (Å²) in [4.78, 5) is 4.13. The summed E-state index contributed by atoms with van der Waals surface area (Å²) in [5, 5.41) is 39.2. The Kier molecular flexibility index (Phi) is 14.1. The molecule has 0 aliphatic carbocycles. The molecule has 0 aliphatic heterocycles. The van der Waals surface area contributed by atoms with Gasteiger partial charge in [0.05, 0.1) is 13.2 Å². The van der Waals surface area contributed by atoms with E-state index in [-0.39, 0.29) is 23.9 Å². The first-order valence-electron chi connectivity index (χ1n) is 7.90. The summed E-state index contributed by atoms with van der Waals surface area (Å²) in [6, 6.07) is 9.52. The third kappa shape index (κ3) is 11.4. The van der Waals surface area contributed by atoms with Crippen molar-refractivity contribution in [2.24, 2.45) is 4.99 Å². The molecule has 9 heteroatoms. The van der Waals surface area contributed by atoms with Crippen molar-refractivity contribution in [3.8, 4) is 17.2 Å². The Morgan fingerprint density at radius 3 is 2.30 bits per heavy atom. The fourth-order valence-corrected chi connectivity index (χ4v) is 1.95. The third-order valence-electron chi connectivity index (χ3n) is 3.06. The number of nitrogens with one attached hydrogen (secondary N) is 1. The molecule has 0 heterocycles. The van der Waals surface area contributed by atoms with E-state index in [2.05, 4.69) is 10.3 Å². The van der Waals surface area contributed by atoms with Crippen LogP contribution in [0.5, 0.6) is 17.2 Å². The first kappa shape index (κ1) is 25.1. The van der Waals surface area contributed by atoms with Crippen molar-refractivity contribution >= 4 is 17.8 Å². The summed E-state index contributed by atoms with van der Waals surface area (Å²) in [5.74, 6) is 0.0343. The quantitative estimate of drug-likeness (QED) is 0.271. The van der Waals surface area contributed by atoms with Gasteiger partial charge in [-0.3, -0.25) is 4.99 Å². The number of aliphatic imine (C=N–C) groups is 1. The van der Waals surface area contributed by atoms with Gasteiger partial charge in [0, 0.05) is 29.9 Å². The van der Waals surface area contributed by atoms with Crippen molar-refractivity contribution in [2.45, 2.75) is 6.92 Å². The summed E-state index contributed by atoms with van der Waals surface area (Å²) in [5.41, 5.74) is 1.54. The van der Waals surface area contributed by atoms with Gasteiger partial charge in [-0.15, -0.1) is 0 Å². The zero-order valence-electron chi connectivity index (χ0n) is 14.8. The van der Waals surface area contributed by atoms with E-state index < -0.39 is 0 Å². The van der Waals surface area contributed by atoms with Crippen molar-refractivity contribution < 1.29 is 41.5 Å².